The first-order chi connectivity index (χ1) is 12.6. The summed E-state index contributed by atoms with van der Waals surface area (Å²) >= 11 is 6.60. The molecule has 1 aliphatic rings. The number of ether oxygens (including phenoxy) is 1. The van der Waals surface area contributed by atoms with Gasteiger partial charge in [0.2, 0.25) is 0 Å². The Labute approximate surface area is 162 Å². The molecule has 140 valence electrons. The van der Waals surface area contributed by atoms with E-state index in [4.69, 9.17) is 16.3 Å². The molecule has 0 aliphatic heterocycles. The quantitative estimate of drug-likeness (QED) is 0.743. The maximum absolute atomic E-state index is 6.60. The van der Waals surface area contributed by atoms with Crippen LogP contribution in [0.3, 0.4) is 0 Å². The molecule has 0 amide bonds. The molecule has 3 atom stereocenters. The van der Waals surface area contributed by atoms with Crippen molar-refractivity contribution in [2.75, 3.05) is 14.2 Å². The topological polar surface area (TPSA) is 33.3 Å². The first-order valence-corrected chi connectivity index (χ1v) is 9.82. The van der Waals surface area contributed by atoms with Crippen LogP contribution in [0.5, 0.6) is 5.75 Å². The lowest BCUT2D eigenvalue weighted by Gasteiger charge is -2.46. The van der Waals surface area contributed by atoms with Gasteiger partial charge in [0.25, 0.3) is 0 Å². The smallest absolute Gasteiger partial charge is 0.118 e. The summed E-state index contributed by atoms with van der Waals surface area (Å²) in [7, 11) is 3.75. The number of hydrogen-bond donors (Lipinski definition) is 2. The van der Waals surface area contributed by atoms with Crippen molar-refractivity contribution in [2.24, 2.45) is 0 Å². The first kappa shape index (κ1) is 19.2. The number of halogens is 1. The highest BCUT2D eigenvalue weighted by Gasteiger charge is 2.42. The Morgan fingerprint density at radius 1 is 1.12 bits per heavy atom. The van der Waals surface area contributed by atoms with Gasteiger partial charge in [-0.3, -0.25) is 0 Å². The number of hydrogen-bond acceptors (Lipinski definition) is 3. The van der Waals surface area contributed by atoms with Crippen molar-refractivity contribution in [3.05, 3.63) is 64.7 Å². The van der Waals surface area contributed by atoms with Crippen LogP contribution in [0, 0.1) is 0 Å². The minimum Gasteiger partial charge on any atom is -0.497 e. The molecule has 2 aromatic carbocycles. The van der Waals surface area contributed by atoms with E-state index in [-0.39, 0.29) is 11.6 Å². The third-order valence-corrected chi connectivity index (χ3v) is 6.11. The van der Waals surface area contributed by atoms with Gasteiger partial charge < -0.3 is 15.4 Å². The monoisotopic (exact) mass is 372 g/mol. The first-order valence-electron chi connectivity index (χ1n) is 9.44. The fourth-order valence-corrected chi connectivity index (χ4v) is 4.57. The summed E-state index contributed by atoms with van der Waals surface area (Å²) in [4.78, 5) is 0. The molecule has 1 fully saturated rings. The Bertz CT molecular complexity index is 718. The lowest BCUT2D eigenvalue weighted by molar-refractivity contribution is 0.168. The largest absolute Gasteiger partial charge is 0.497 e. The second kappa shape index (κ2) is 8.43. The summed E-state index contributed by atoms with van der Waals surface area (Å²) in [5.74, 6) is 0.888. The molecule has 0 aromatic heterocycles. The van der Waals surface area contributed by atoms with Gasteiger partial charge in [-0.2, -0.15) is 0 Å². The average Bonchev–Trinajstić information content (AvgIpc) is 2.69. The Balaban J connectivity index is 1.86. The molecule has 0 bridgehead atoms. The lowest BCUT2D eigenvalue weighted by atomic mass is 9.72. The zero-order valence-electron chi connectivity index (χ0n) is 15.9. The zero-order chi connectivity index (χ0) is 18.6. The minimum atomic E-state index is -0.142. The highest BCUT2D eigenvalue weighted by molar-refractivity contribution is 6.31. The molecule has 2 aromatic rings. The normalized spacial score (nSPS) is 24.2. The van der Waals surface area contributed by atoms with Crippen LogP contribution >= 0.6 is 11.6 Å². The van der Waals surface area contributed by atoms with Crippen molar-refractivity contribution >= 4 is 11.6 Å². The number of likely N-dealkylation sites (N-methyl/N-ethyl adjacent to an activating group) is 1. The van der Waals surface area contributed by atoms with E-state index in [1.165, 1.54) is 24.0 Å². The van der Waals surface area contributed by atoms with E-state index < -0.39 is 0 Å². The van der Waals surface area contributed by atoms with E-state index in [0.29, 0.717) is 6.04 Å². The van der Waals surface area contributed by atoms with Crippen molar-refractivity contribution in [3.63, 3.8) is 0 Å². The van der Waals surface area contributed by atoms with Crippen molar-refractivity contribution < 1.29 is 4.74 Å². The third-order valence-electron chi connectivity index (χ3n) is 5.78. The maximum atomic E-state index is 6.60. The second-order valence-corrected chi connectivity index (χ2v) is 7.57. The molecule has 3 nitrogen and oxygen atoms in total. The van der Waals surface area contributed by atoms with E-state index in [1.807, 2.05) is 24.3 Å². The Morgan fingerprint density at radius 2 is 1.85 bits per heavy atom. The Hall–Kier alpha value is -1.55. The molecule has 1 aliphatic carbocycles. The molecular weight excluding hydrogens is 344 g/mol. The van der Waals surface area contributed by atoms with E-state index >= 15 is 0 Å². The number of nitrogens with one attached hydrogen (secondary N) is 2. The van der Waals surface area contributed by atoms with Gasteiger partial charge in [0.1, 0.15) is 5.75 Å². The van der Waals surface area contributed by atoms with Crippen molar-refractivity contribution in [1.29, 1.82) is 0 Å². The fourth-order valence-electron chi connectivity index (χ4n) is 4.27. The van der Waals surface area contributed by atoms with Crippen LogP contribution in [0.2, 0.25) is 5.02 Å². The van der Waals surface area contributed by atoms with Crippen LogP contribution in [0.15, 0.2) is 48.5 Å². The van der Waals surface area contributed by atoms with Crippen LogP contribution in [0.4, 0.5) is 0 Å². The van der Waals surface area contributed by atoms with Crippen LogP contribution in [-0.4, -0.2) is 20.2 Å². The molecule has 2 N–H and O–H groups in total. The van der Waals surface area contributed by atoms with E-state index in [0.717, 1.165) is 23.6 Å². The molecule has 0 unspecified atom stereocenters. The van der Waals surface area contributed by atoms with Gasteiger partial charge >= 0.3 is 0 Å². The number of rotatable bonds is 6. The average molecular weight is 373 g/mol. The van der Waals surface area contributed by atoms with E-state index in [9.17, 15) is 0 Å². The summed E-state index contributed by atoms with van der Waals surface area (Å²) in [5.41, 5.74) is 2.32. The van der Waals surface area contributed by atoms with Crippen molar-refractivity contribution in [3.8, 4) is 5.75 Å². The van der Waals surface area contributed by atoms with Crippen molar-refractivity contribution in [1.82, 2.24) is 10.6 Å². The molecule has 0 radical (unpaired) electrons. The molecule has 0 spiro atoms. The second-order valence-electron chi connectivity index (χ2n) is 7.16. The van der Waals surface area contributed by atoms with Gasteiger partial charge in [-0.05, 0) is 56.1 Å². The summed E-state index contributed by atoms with van der Waals surface area (Å²) < 4.78 is 5.28. The standard InChI is InChI=1S/C22H29ClN2O/c1-16(17-11-13-18(26-3)14-12-17)25-21-10-6-7-15-22(21,24-2)19-8-4-5-9-20(19)23/h4-5,8-9,11-14,16,21,24-25H,6-7,10,15H2,1-3H3/t16-,21+,22-/m1/s1. The molecule has 3 rings (SSSR count). The van der Waals surface area contributed by atoms with Gasteiger partial charge in [0, 0.05) is 17.1 Å². The van der Waals surface area contributed by atoms with Crippen molar-refractivity contribution in [2.45, 2.75) is 50.2 Å². The summed E-state index contributed by atoms with van der Waals surface area (Å²) in [6.45, 7) is 2.23. The highest BCUT2D eigenvalue weighted by Crippen LogP contribution is 2.41. The van der Waals surface area contributed by atoms with E-state index in [2.05, 4.69) is 48.9 Å². The molecule has 26 heavy (non-hydrogen) atoms. The highest BCUT2D eigenvalue weighted by atomic mass is 35.5. The lowest BCUT2D eigenvalue weighted by Crippen LogP contribution is -2.58. The van der Waals surface area contributed by atoms with Gasteiger partial charge in [-0.15, -0.1) is 0 Å². The minimum absolute atomic E-state index is 0.142. The number of benzene rings is 2. The van der Waals surface area contributed by atoms with Crippen LogP contribution in [-0.2, 0) is 5.54 Å². The Morgan fingerprint density at radius 3 is 2.50 bits per heavy atom. The summed E-state index contributed by atoms with van der Waals surface area (Å²) in [5, 5.41) is 8.35. The summed E-state index contributed by atoms with van der Waals surface area (Å²) in [6.07, 6.45) is 4.66. The molecule has 4 heteroatoms. The van der Waals surface area contributed by atoms with Gasteiger partial charge in [0.05, 0.1) is 12.6 Å². The SMILES string of the molecule is CN[C@@]1(c2ccccc2Cl)CCCC[C@@H]1N[C@H](C)c1ccc(OC)cc1. The predicted molar refractivity (Wildman–Crippen MR) is 109 cm³/mol. The fraction of sp³-hybridized carbons (Fsp3) is 0.455. The molecule has 1 saturated carbocycles. The molecule has 0 heterocycles. The van der Waals surface area contributed by atoms with E-state index in [1.54, 1.807) is 7.11 Å². The zero-order valence-corrected chi connectivity index (χ0v) is 16.6. The predicted octanol–water partition coefficient (Wildman–Crippen LogP) is 5.06. The molecule has 0 saturated heterocycles. The van der Waals surface area contributed by atoms with Crippen LogP contribution < -0.4 is 15.4 Å². The maximum Gasteiger partial charge on any atom is 0.118 e. The van der Waals surface area contributed by atoms with Gasteiger partial charge in [-0.1, -0.05) is 54.8 Å². The van der Waals surface area contributed by atoms with Crippen LogP contribution in [0.25, 0.3) is 0 Å². The van der Waals surface area contributed by atoms with Gasteiger partial charge in [0.15, 0.2) is 0 Å². The molecular formula is C22H29ClN2O. The van der Waals surface area contributed by atoms with Gasteiger partial charge in [-0.25, -0.2) is 0 Å². The third kappa shape index (κ3) is 3.75. The summed E-state index contributed by atoms with van der Waals surface area (Å²) in [6, 6.07) is 17.1. The van der Waals surface area contributed by atoms with Crippen LogP contribution in [0.1, 0.15) is 49.8 Å². The Kier molecular flexibility index (Phi) is 6.23. The number of methoxy groups -OCH3 is 1.